The third-order valence-electron chi connectivity index (χ3n) is 1.18. The maximum atomic E-state index is 10.7. The van der Waals surface area contributed by atoms with Crippen LogP contribution in [0.4, 0.5) is 0 Å². The van der Waals surface area contributed by atoms with Gasteiger partial charge in [-0.05, 0) is 6.42 Å². The summed E-state index contributed by atoms with van der Waals surface area (Å²) in [6.07, 6.45) is 0.355. The second kappa shape index (κ2) is 2.50. The van der Waals surface area contributed by atoms with Crippen LogP contribution in [0.2, 0.25) is 0 Å². The molecular weight excluding hydrogens is 222 g/mol. The quantitative estimate of drug-likeness (QED) is 0.574. The first kappa shape index (κ1) is 8.00. The van der Waals surface area contributed by atoms with Crippen molar-refractivity contribution in [3.05, 3.63) is 0 Å². The van der Waals surface area contributed by atoms with Gasteiger partial charge in [-0.2, -0.15) is 0 Å². The Morgan fingerprint density at radius 2 is 2.20 bits per heavy atom. The van der Waals surface area contributed by atoms with Crippen molar-refractivity contribution in [3.63, 3.8) is 0 Å². The lowest BCUT2D eigenvalue weighted by Crippen LogP contribution is -2.43. The predicted molar refractivity (Wildman–Crippen MR) is 39.3 cm³/mol. The lowest BCUT2D eigenvalue weighted by atomic mass is 10.3. The molecule has 1 atom stereocenters. The highest BCUT2D eigenvalue weighted by Crippen LogP contribution is 2.11. The third kappa shape index (κ3) is 1.69. The molecule has 0 aromatic heterocycles. The van der Waals surface area contributed by atoms with Crippen LogP contribution in [0, 0.1) is 0 Å². The molecule has 0 radical (unpaired) electrons. The van der Waals surface area contributed by atoms with E-state index in [1.807, 2.05) is 4.72 Å². The Morgan fingerprint density at radius 1 is 1.60 bits per heavy atom. The summed E-state index contributed by atoms with van der Waals surface area (Å²) in [6.45, 7) is 0. The summed E-state index contributed by atoms with van der Waals surface area (Å²) in [7, 11) is -3.29. The van der Waals surface area contributed by atoms with Gasteiger partial charge in [0.1, 0.15) is 0 Å². The Balaban J connectivity index is 2.76. The number of rotatable bonds is 0. The molecule has 1 N–H and O–H groups in total. The van der Waals surface area contributed by atoms with Gasteiger partial charge in [0, 0.05) is 0 Å². The zero-order chi connectivity index (χ0) is 7.78. The van der Waals surface area contributed by atoms with Gasteiger partial charge in [0.25, 0.3) is 0 Å². The minimum atomic E-state index is -3.29. The van der Waals surface area contributed by atoms with Crippen LogP contribution in [0.25, 0.3) is 0 Å². The summed E-state index contributed by atoms with van der Waals surface area (Å²) in [5.41, 5.74) is 0. The first-order valence-electron chi connectivity index (χ1n) is 2.70. The average Bonchev–Trinajstić information content (AvgIpc) is 1.79. The van der Waals surface area contributed by atoms with Crippen molar-refractivity contribution in [1.82, 2.24) is 4.72 Å². The summed E-state index contributed by atoms with van der Waals surface area (Å²) in [5, 5.41) is 0. The van der Waals surface area contributed by atoms with Gasteiger partial charge < -0.3 is 0 Å². The molecule has 4 nitrogen and oxygen atoms in total. The van der Waals surface area contributed by atoms with Crippen LogP contribution >= 0.6 is 15.9 Å². The van der Waals surface area contributed by atoms with E-state index in [1.165, 1.54) is 0 Å². The van der Waals surface area contributed by atoms with E-state index in [0.717, 1.165) is 0 Å². The smallest absolute Gasteiger partial charge is 0.247 e. The molecule has 1 saturated heterocycles. The highest BCUT2D eigenvalue weighted by molar-refractivity contribution is 9.10. The largest absolute Gasteiger partial charge is 0.273 e. The van der Waals surface area contributed by atoms with Crippen LogP contribution in [-0.4, -0.2) is 24.9 Å². The Morgan fingerprint density at radius 3 is 2.60 bits per heavy atom. The maximum absolute atomic E-state index is 10.7. The normalized spacial score (nSPS) is 31.3. The molecule has 1 aliphatic heterocycles. The van der Waals surface area contributed by atoms with Gasteiger partial charge >= 0.3 is 0 Å². The lowest BCUT2D eigenvalue weighted by Gasteiger charge is -2.16. The SMILES string of the molecule is O=C1NS(=O)(=O)CCC1Br. The molecule has 1 fully saturated rings. The summed E-state index contributed by atoms with van der Waals surface area (Å²) in [6, 6.07) is 0. The highest BCUT2D eigenvalue weighted by atomic mass is 79.9. The van der Waals surface area contributed by atoms with Gasteiger partial charge in [-0.25, -0.2) is 8.42 Å². The first-order valence-corrected chi connectivity index (χ1v) is 5.26. The molecule has 1 unspecified atom stereocenters. The van der Waals surface area contributed by atoms with Crippen LogP contribution in [0.15, 0.2) is 0 Å². The number of carbonyl (C=O) groups is 1. The third-order valence-corrected chi connectivity index (χ3v) is 3.34. The molecule has 10 heavy (non-hydrogen) atoms. The molecule has 1 heterocycles. The van der Waals surface area contributed by atoms with Crippen molar-refractivity contribution in [2.75, 3.05) is 5.75 Å². The van der Waals surface area contributed by atoms with Crippen LogP contribution in [0.1, 0.15) is 6.42 Å². The zero-order valence-corrected chi connectivity index (χ0v) is 7.41. The van der Waals surface area contributed by atoms with Crippen molar-refractivity contribution in [1.29, 1.82) is 0 Å². The maximum Gasteiger partial charge on any atom is 0.247 e. The summed E-state index contributed by atoms with van der Waals surface area (Å²) in [5.74, 6) is -0.444. The Bertz CT molecular complexity index is 247. The summed E-state index contributed by atoms with van der Waals surface area (Å²) < 4.78 is 23.2. The Labute approximate surface area is 67.2 Å². The molecule has 0 bridgehead atoms. The topological polar surface area (TPSA) is 63.2 Å². The van der Waals surface area contributed by atoms with E-state index in [9.17, 15) is 13.2 Å². The highest BCUT2D eigenvalue weighted by Gasteiger charge is 2.27. The van der Waals surface area contributed by atoms with Gasteiger partial charge in [-0.3, -0.25) is 9.52 Å². The number of carbonyl (C=O) groups excluding carboxylic acids is 1. The molecule has 6 heteroatoms. The number of halogens is 1. The van der Waals surface area contributed by atoms with Gasteiger partial charge in [0.15, 0.2) is 0 Å². The number of amides is 1. The molecule has 1 amide bonds. The number of nitrogens with one attached hydrogen (secondary N) is 1. The molecule has 0 saturated carbocycles. The van der Waals surface area contributed by atoms with Gasteiger partial charge in [-0.1, -0.05) is 15.9 Å². The van der Waals surface area contributed by atoms with Crippen molar-refractivity contribution >= 4 is 31.9 Å². The molecule has 58 valence electrons. The van der Waals surface area contributed by atoms with E-state index in [1.54, 1.807) is 0 Å². The monoisotopic (exact) mass is 227 g/mol. The standard InChI is InChI=1S/C4H6BrNO3S/c5-3-1-2-10(8,9)6-4(3)7/h3H,1-2H2,(H,6,7). The van der Waals surface area contributed by atoms with Crippen LogP contribution < -0.4 is 4.72 Å². The van der Waals surface area contributed by atoms with E-state index in [-0.39, 0.29) is 10.6 Å². The van der Waals surface area contributed by atoms with E-state index in [0.29, 0.717) is 6.42 Å². The van der Waals surface area contributed by atoms with Crippen LogP contribution in [-0.2, 0) is 14.8 Å². The molecule has 0 aromatic carbocycles. The number of sulfonamides is 1. The Hall–Kier alpha value is -0.100. The minimum absolute atomic E-state index is 0.0225. The van der Waals surface area contributed by atoms with E-state index < -0.39 is 15.9 Å². The summed E-state index contributed by atoms with van der Waals surface area (Å²) >= 11 is 3.03. The van der Waals surface area contributed by atoms with Crippen molar-refractivity contribution < 1.29 is 13.2 Å². The molecule has 0 spiro atoms. The molecule has 0 aromatic rings. The fourth-order valence-electron chi connectivity index (χ4n) is 0.658. The molecule has 0 aliphatic carbocycles. The fraction of sp³-hybridized carbons (Fsp3) is 0.750. The average molecular weight is 228 g/mol. The number of hydrogen-bond acceptors (Lipinski definition) is 3. The number of alkyl halides is 1. The second-order valence-corrected chi connectivity index (χ2v) is 4.99. The van der Waals surface area contributed by atoms with Crippen LogP contribution in [0.3, 0.4) is 0 Å². The summed E-state index contributed by atoms with van der Waals surface area (Å²) in [4.78, 5) is 10.3. The zero-order valence-electron chi connectivity index (χ0n) is 5.00. The van der Waals surface area contributed by atoms with Crippen molar-refractivity contribution in [2.45, 2.75) is 11.2 Å². The number of hydrogen-bond donors (Lipinski definition) is 1. The molecular formula is C4H6BrNO3S. The fourth-order valence-corrected chi connectivity index (χ4v) is 2.55. The van der Waals surface area contributed by atoms with E-state index >= 15 is 0 Å². The van der Waals surface area contributed by atoms with Gasteiger partial charge in [-0.15, -0.1) is 0 Å². The van der Waals surface area contributed by atoms with Crippen molar-refractivity contribution in [2.24, 2.45) is 0 Å². The Kier molecular flexibility index (Phi) is 2.00. The first-order chi connectivity index (χ1) is 4.51. The second-order valence-electron chi connectivity index (χ2n) is 2.04. The van der Waals surface area contributed by atoms with E-state index in [4.69, 9.17) is 0 Å². The van der Waals surface area contributed by atoms with Crippen LogP contribution in [0.5, 0.6) is 0 Å². The minimum Gasteiger partial charge on any atom is -0.273 e. The van der Waals surface area contributed by atoms with E-state index in [2.05, 4.69) is 15.9 Å². The van der Waals surface area contributed by atoms with Gasteiger partial charge in [0.2, 0.25) is 15.9 Å². The molecule has 1 aliphatic rings. The molecule has 1 rings (SSSR count). The van der Waals surface area contributed by atoms with Gasteiger partial charge in [0.05, 0.1) is 10.6 Å². The van der Waals surface area contributed by atoms with Crippen molar-refractivity contribution in [3.8, 4) is 0 Å². The lowest BCUT2D eigenvalue weighted by molar-refractivity contribution is -0.119. The predicted octanol–water partition coefficient (Wildman–Crippen LogP) is -0.400.